The molecule has 1 rings (SSSR count). The smallest absolute Gasteiger partial charge is 0.446 e. The lowest BCUT2D eigenvalue weighted by molar-refractivity contribution is -0.0328. The van der Waals surface area contributed by atoms with Crippen molar-refractivity contribution in [2.75, 3.05) is 0 Å². The molecule has 0 radical (unpaired) electrons. The Morgan fingerprint density at radius 2 is 1.80 bits per heavy atom. The number of hydrogen-bond acceptors (Lipinski definition) is 1. The first-order valence-corrected chi connectivity index (χ1v) is 5.31. The summed E-state index contributed by atoms with van der Waals surface area (Å²) in [5.74, 6) is 0. The summed E-state index contributed by atoms with van der Waals surface area (Å²) in [4.78, 5) is 0.162. The molecule has 0 amide bonds. The molecule has 0 aliphatic carbocycles. The van der Waals surface area contributed by atoms with Gasteiger partial charge >= 0.3 is 5.51 Å². The van der Waals surface area contributed by atoms with Crippen LogP contribution in [0.5, 0.6) is 0 Å². The molecule has 0 aliphatic rings. The first-order valence-electron chi connectivity index (χ1n) is 4.49. The van der Waals surface area contributed by atoms with Gasteiger partial charge in [-0.25, -0.2) is 0 Å². The molecule has 1 nitrogen and oxygen atoms in total. The van der Waals surface area contributed by atoms with Crippen molar-refractivity contribution in [3.8, 4) is 0 Å². The van der Waals surface area contributed by atoms with Gasteiger partial charge in [0.2, 0.25) is 0 Å². The van der Waals surface area contributed by atoms with Crippen molar-refractivity contribution in [2.45, 2.75) is 29.8 Å². The van der Waals surface area contributed by atoms with Crippen LogP contribution < -0.4 is 0 Å². The van der Waals surface area contributed by atoms with Gasteiger partial charge in [-0.1, -0.05) is 31.0 Å². The van der Waals surface area contributed by atoms with Crippen molar-refractivity contribution in [3.63, 3.8) is 0 Å². The van der Waals surface area contributed by atoms with Crippen LogP contribution in [0.3, 0.4) is 0 Å². The molecular weight excluding hydrogens is 223 g/mol. The molecule has 0 heterocycles. The number of hydrogen-bond donors (Lipinski definition) is 0. The predicted molar refractivity (Wildman–Crippen MR) is 55.7 cm³/mol. The van der Waals surface area contributed by atoms with Crippen LogP contribution in [0.2, 0.25) is 0 Å². The first kappa shape index (κ1) is 12.4. The second-order valence-electron chi connectivity index (χ2n) is 3.08. The van der Waals surface area contributed by atoms with Gasteiger partial charge in [-0.2, -0.15) is 13.2 Å². The summed E-state index contributed by atoms with van der Waals surface area (Å²) in [5, 5.41) is 0. The van der Waals surface area contributed by atoms with Crippen LogP contribution in [0.4, 0.5) is 13.2 Å². The fourth-order valence-electron chi connectivity index (χ4n) is 1.14. The maximum absolute atomic E-state index is 12.0. The summed E-state index contributed by atoms with van der Waals surface area (Å²) >= 11 is -0.132. The molecular formula is C10H11F3NS-. The predicted octanol–water partition coefficient (Wildman–Crippen LogP) is 4.80. The molecule has 0 unspecified atom stereocenters. The van der Waals surface area contributed by atoms with E-state index in [1.54, 1.807) is 12.1 Å². The largest absolute Gasteiger partial charge is 0.671 e. The molecule has 0 aliphatic heterocycles. The van der Waals surface area contributed by atoms with Gasteiger partial charge < -0.3 is 5.73 Å². The Morgan fingerprint density at radius 1 is 1.27 bits per heavy atom. The molecule has 0 saturated carbocycles. The fraction of sp³-hybridized carbons (Fsp3) is 0.400. The highest BCUT2D eigenvalue weighted by molar-refractivity contribution is 8.00. The van der Waals surface area contributed by atoms with Gasteiger partial charge in [-0.3, -0.25) is 0 Å². The van der Waals surface area contributed by atoms with Crippen molar-refractivity contribution in [1.29, 1.82) is 0 Å². The third-order valence-corrected chi connectivity index (χ3v) is 2.66. The summed E-state index contributed by atoms with van der Waals surface area (Å²) in [6.07, 6.45) is 0.658. The minimum atomic E-state index is -4.24. The first-order chi connectivity index (χ1) is 6.92. The lowest BCUT2D eigenvalue weighted by Gasteiger charge is -2.18. The molecule has 0 aromatic heterocycles. The molecule has 0 saturated heterocycles. The van der Waals surface area contributed by atoms with E-state index in [1.807, 2.05) is 6.92 Å². The molecule has 15 heavy (non-hydrogen) atoms. The second-order valence-corrected chi connectivity index (χ2v) is 4.22. The van der Waals surface area contributed by atoms with E-state index in [9.17, 15) is 13.2 Å². The SMILES string of the molecule is CC[C@@H]([NH-])c1ccc(SC(F)(F)F)cc1. The molecule has 1 aromatic carbocycles. The van der Waals surface area contributed by atoms with Gasteiger partial charge in [0.15, 0.2) is 0 Å². The molecule has 0 bridgehead atoms. The molecule has 1 atom stereocenters. The second kappa shape index (κ2) is 4.90. The monoisotopic (exact) mass is 234 g/mol. The maximum atomic E-state index is 12.0. The van der Waals surface area contributed by atoms with Gasteiger partial charge in [0.1, 0.15) is 0 Å². The third kappa shape index (κ3) is 4.13. The van der Waals surface area contributed by atoms with Gasteiger partial charge in [-0.05, 0) is 23.9 Å². The van der Waals surface area contributed by atoms with E-state index in [0.29, 0.717) is 6.42 Å². The Balaban J connectivity index is 2.72. The Hall–Kier alpha value is -0.680. The highest BCUT2D eigenvalue weighted by Gasteiger charge is 2.28. The topological polar surface area (TPSA) is 23.8 Å². The van der Waals surface area contributed by atoms with Crippen LogP contribution >= 0.6 is 11.8 Å². The van der Waals surface area contributed by atoms with E-state index in [0.717, 1.165) is 5.56 Å². The number of rotatable bonds is 3. The van der Waals surface area contributed by atoms with Crippen LogP contribution in [0, 0.1) is 0 Å². The molecule has 1 N–H and O–H groups in total. The fourth-order valence-corrected chi connectivity index (χ4v) is 1.68. The minimum Gasteiger partial charge on any atom is -0.671 e. The number of thioether (sulfide) groups is 1. The van der Waals surface area contributed by atoms with Crippen molar-refractivity contribution in [3.05, 3.63) is 35.6 Å². The zero-order valence-electron chi connectivity index (χ0n) is 8.14. The van der Waals surface area contributed by atoms with E-state index in [-0.39, 0.29) is 22.7 Å². The number of halogens is 3. The Labute approximate surface area is 90.9 Å². The summed E-state index contributed by atoms with van der Waals surface area (Å²) in [5.41, 5.74) is 4.09. The van der Waals surface area contributed by atoms with Gasteiger partial charge in [0.05, 0.1) is 0 Å². The molecule has 0 spiro atoms. The highest BCUT2D eigenvalue weighted by Crippen LogP contribution is 2.37. The lowest BCUT2D eigenvalue weighted by Crippen LogP contribution is -1.99. The zero-order valence-corrected chi connectivity index (χ0v) is 8.95. The Kier molecular flexibility index (Phi) is 4.04. The number of nitrogens with one attached hydrogen (secondary N) is 1. The van der Waals surface area contributed by atoms with Crippen LogP contribution in [0.1, 0.15) is 24.9 Å². The van der Waals surface area contributed by atoms with E-state index in [4.69, 9.17) is 5.73 Å². The van der Waals surface area contributed by atoms with Crippen molar-refractivity contribution in [2.24, 2.45) is 0 Å². The molecule has 1 aromatic rings. The summed E-state index contributed by atoms with van der Waals surface area (Å²) in [6, 6.07) is 5.62. The average Bonchev–Trinajstić information content (AvgIpc) is 2.15. The zero-order chi connectivity index (χ0) is 11.5. The van der Waals surface area contributed by atoms with Crippen molar-refractivity contribution < 1.29 is 13.2 Å². The summed E-state index contributed by atoms with van der Waals surface area (Å²) in [6.45, 7) is 1.87. The molecule has 84 valence electrons. The average molecular weight is 234 g/mol. The van der Waals surface area contributed by atoms with E-state index < -0.39 is 5.51 Å². The van der Waals surface area contributed by atoms with Gasteiger partial charge in [-0.15, -0.1) is 6.04 Å². The maximum Gasteiger partial charge on any atom is 0.446 e. The van der Waals surface area contributed by atoms with Gasteiger partial charge in [0.25, 0.3) is 0 Å². The quantitative estimate of drug-likeness (QED) is 0.689. The minimum absolute atomic E-state index is 0.132. The molecule has 5 heteroatoms. The third-order valence-electron chi connectivity index (χ3n) is 1.92. The lowest BCUT2D eigenvalue weighted by atomic mass is 10.1. The van der Waals surface area contributed by atoms with E-state index in [2.05, 4.69) is 0 Å². The Bertz CT molecular complexity index is 307. The van der Waals surface area contributed by atoms with E-state index in [1.165, 1.54) is 12.1 Å². The number of alkyl halides is 3. The van der Waals surface area contributed by atoms with Gasteiger partial charge in [0, 0.05) is 4.90 Å². The highest BCUT2D eigenvalue weighted by atomic mass is 32.2. The van der Waals surface area contributed by atoms with Crippen LogP contribution in [0.25, 0.3) is 5.73 Å². The summed E-state index contributed by atoms with van der Waals surface area (Å²) < 4.78 is 36.0. The van der Waals surface area contributed by atoms with Crippen LogP contribution in [0.15, 0.2) is 29.2 Å². The van der Waals surface area contributed by atoms with Crippen molar-refractivity contribution >= 4 is 11.8 Å². The Morgan fingerprint density at radius 3 is 2.20 bits per heavy atom. The standard InChI is InChI=1S/C10H11F3NS/c1-2-9(14)7-3-5-8(6-4-7)15-10(11,12)13/h3-6,9,14H,2H2,1H3/q-1/t9-/m1/s1. The number of benzene rings is 1. The van der Waals surface area contributed by atoms with Crippen LogP contribution in [-0.4, -0.2) is 5.51 Å². The van der Waals surface area contributed by atoms with Crippen molar-refractivity contribution in [1.82, 2.24) is 0 Å². The summed E-state index contributed by atoms with van der Waals surface area (Å²) in [7, 11) is 0. The van der Waals surface area contributed by atoms with E-state index >= 15 is 0 Å². The van der Waals surface area contributed by atoms with Crippen LogP contribution in [-0.2, 0) is 0 Å². The normalized spacial score (nSPS) is 13.9. The molecule has 0 fully saturated rings.